The fourth-order valence-corrected chi connectivity index (χ4v) is 1.86. The highest BCUT2D eigenvalue weighted by Gasteiger charge is 2.24. The number of carbonyl (C=O) groups excluding carboxylic acids is 2. The van der Waals surface area contributed by atoms with E-state index in [1.807, 2.05) is 6.92 Å². The average molecular weight is 288 g/mol. The Morgan fingerprint density at radius 3 is 2.68 bits per heavy atom. The molecule has 0 saturated carbocycles. The molecule has 7 heteroatoms. The molecule has 2 N–H and O–H groups in total. The third-order valence-electron chi connectivity index (χ3n) is 2.68. The second-order valence-corrected chi connectivity index (χ2v) is 4.64. The molecule has 1 aromatic rings. The maximum absolute atomic E-state index is 11.9. The molecule has 6 nitrogen and oxygen atoms in total. The first kappa shape index (κ1) is 15.5. The fourth-order valence-electron chi connectivity index (χ4n) is 1.52. The predicted molar refractivity (Wildman–Crippen MR) is 71.0 cm³/mol. The summed E-state index contributed by atoms with van der Waals surface area (Å²) in [5, 5.41) is 4.42. The maximum Gasteiger partial charge on any atom is 0.343 e. The van der Waals surface area contributed by atoms with E-state index in [9.17, 15) is 9.59 Å². The zero-order valence-electron chi connectivity index (χ0n) is 11.3. The minimum absolute atomic E-state index is 0.186. The lowest BCUT2D eigenvalue weighted by Gasteiger charge is -2.09. The van der Waals surface area contributed by atoms with E-state index in [0.29, 0.717) is 12.2 Å². The number of aromatic nitrogens is 2. The van der Waals surface area contributed by atoms with Gasteiger partial charge in [-0.25, -0.2) is 4.79 Å². The van der Waals surface area contributed by atoms with E-state index in [-0.39, 0.29) is 10.7 Å². The van der Waals surface area contributed by atoms with Gasteiger partial charge >= 0.3 is 5.97 Å². The second kappa shape index (κ2) is 6.56. The standard InChI is InChI=1S/C12H18ClN3O3/c1-4-5-6-16-10(13)9(7(2)15-16)12(18)19-8(3)11(14)17/h8H,4-6H2,1-3H3,(H2,14,17)/t8-/m0/s1. The van der Waals surface area contributed by atoms with Crippen molar-refractivity contribution in [2.75, 3.05) is 0 Å². The topological polar surface area (TPSA) is 87.2 Å². The molecule has 1 atom stereocenters. The minimum atomic E-state index is -0.998. The summed E-state index contributed by atoms with van der Waals surface area (Å²) >= 11 is 6.11. The van der Waals surface area contributed by atoms with Gasteiger partial charge in [-0.15, -0.1) is 0 Å². The van der Waals surface area contributed by atoms with Crippen molar-refractivity contribution in [2.45, 2.75) is 46.3 Å². The Morgan fingerprint density at radius 1 is 1.53 bits per heavy atom. The van der Waals surface area contributed by atoms with Gasteiger partial charge < -0.3 is 10.5 Å². The van der Waals surface area contributed by atoms with Gasteiger partial charge in [0.2, 0.25) is 0 Å². The van der Waals surface area contributed by atoms with E-state index >= 15 is 0 Å². The van der Waals surface area contributed by atoms with Gasteiger partial charge in [-0.05, 0) is 20.3 Å². The molecule has 0 aromatic carbocycles. The largest absolute Gasteiger partial charge is 0.449 e. The lowest BCUT2D eigenvalue weighted by molar-refractivity contribution is -0.125. The molecule has 0 aliphatic carbocycles. The molecule has 0 aliphatic rings. The lowest BCUT2D eigenvalue weighted by Crippen LogP contribution is -2.30. The zero-order valence-corrected chi connectivity index (χ0v) is 12.0. The molecule has 0 spiro atoms. The monoisotopic (exact) mass is 287 g/mol. The summed E-state index contributed by atoms with van der Waals surface area (Å²) in [7, 11) is 0. The van der Waals surface area contributed by atoms with E-state index in [4.69, 9.17) is 22.1 Å². The number of aryl methyl sites for hydroxylation is 2. The quantitative estimate of drug-likeness (QED) is 0.806. The van der Waals surface area contributed by atoms with Crippen LogP contribution >= 0.6 is 11.6 Å². The number of nitrogens with zero attached hydrogens (tertiary/aromatic N) is 2. The molecule has 106 valence electrons. The van der Waals surface area contributed by atoms with E-state index in [1.54, 1.807) is 11.6 Å². The second-order valence-electron chi connectivity index (χ2n) is 4.28. The van der Waals surface area contributed by atoms with Gasteiger partial charge in [0, 0.05) is 6.54 Å². The molecule has 0 radical (unpaired) electrons. The first-order valence-electron chi connectivity index (χ1n) is 6.11. The van der Waals surface area contributed by atoms with Crippen molar-refractivity contribution in [3.63, 3.8) is 0 Å². The van der Waals surface area contributed by atoms with Crippen LogP contribution in [0.2, 0.25) is 5.15 Å². The summed E-state index contributed by atoms with van der Waals surface area (Å²) < 4.78 is 6.49. The van der Waals surface area contributed by atoms with Crippen molar-refractivity contribution in [1.82, 2.24) is 9.78 Å². The van der Waals surface area contributed by atoms with Crippen LogP contribution in [0.15, 0.2) is 0 Å². The maximum atomic E-state index is 11.9. The molecule has 0 unspecified atom stereocenters. The number of ether oxygens (including phenoxy) is 1. The van der Waals surface area contributed by atoms with Crippen molar-refractivity contribution >= 4 is 23.5 Å². The lowest BCUT2D eigenvalue weighted by atomic mass is 10.2. The van der Waals surface area contributed by atoms with Crippen molar-refractivity contribution in [3.05, 3.63) is 16.4 Å². The van der Waals surface area contributed by atoms with Gasteiger partial charge in [0.1, 0.15) is 10.7 Å². The third-order valence-corrected chi connectivity index (χ3v) is 3.06. The number of carbonyl (C=O) groups is 2. The highest BCUT2D eigenvalue weighted by atomic mass is 35.5. The molecular formula is C12H18ClN3O3. The van der Waals surface area contributed by atoms with Crippen LogP contribution in [0.3, 0.4) is 0 Å². The summed E-state index contributed by atoms with van der Waals surface area (Å²) in [5.41, 5.74) is 5.70. The molecule has 1 heterocycles. The van der Waals surface area contributed by atoms with Crippen molar-refractivity contribution < 1.29 is 14.3 Å². The van der Waals surface area contributed by atoms with Crippen LogP contribution in [-0.4, -0.2) is 27.8 Å². The molecule has 1 rings (SSSR count). The highest BCUT2D eigenvalue weighted by Crippen LogP contribution is 2.21. The van der Waals surface area contributed by atoms with Gasteiger partial charge in [0.05, 0.1) is 5.69 Å². The predicted octanol–water partition coefficient (Wildman–Crippen LogP) is 1.68. The first-order chi connectivity index (χ1) is 8.88. The number of nitrogens with two attached hydrogens (primary N) is 1. The summed E-state index contributed by atoms with van der Waals surface area (Å²) in [6.07, 6.45) is 0.905. The summed E-state index contributed by atoms with van der Waals surface area (Å²) in [4.78, 5) is 22.8. The van der Waals surface area contributed by atoms with Gasteiger partial charge in [-0.1, -0.05) is 24.9 Å². The number of amides is 1. The van der Waals surface area contributed by atoms with Crippen LogP contribution in [0, 0.1) is 6.92 Å². The Hall–Kier alpha value is -1.56. The molecule has 1 aromatic heterocycles. The van der Waals surface area contributed by atoms with Gasteiger partial charge in [0.25, 0.3) is 5.91 Å². The van der Waals surface area contributed by atoms with Crippen LogP contribution in [-0.2, 0) is 16.1 Å². The fraction of sp³-hybridized carbons (Fsp3) is 0.583. The van der Waals surface area contributed by atoms with Crippen LogP contribution in [0.4, 0.5) is 0 Å². The van der Waals surface area contributed by atoms with Crippen LogP contribution in [0.5, 0.6) is 0 Å². The molecule has 0 fully saturated rings. The van der Waals surface area contributed by atoms with E-state index in [2.05, 4.69) is 5.10 Å². The molecule has 0 aliphatic heterocycles. The Kier molecular flexibility index (Phi) is 5.35. The van der Waals surface area contributed by atoms with Crippen molar-refractivity contribution in [2.24, 2.45) is 5.73 Å². The van der Waals surface area contributed by atoms with Crippen LogP contribution in [0.25, 0.3) is 0 Å². The van der Waals surface area contributed by atoms with E-state index in [1.165, 1.54) is 6.92 Å². The number of halogens is 1. The van der Waals surface area contributed by atoms with Gasteiger partial charge in [-0.2, -0.15) is 5.10 Å². The summed E-state index contributed by atoms with van der Waals surface area (Å²) in [6, 6.07) is 0. The Bertz CT molecular complexity index is 485. The molecule has 1 amide bonds. The zero-order chi connectivity index (χ0) is 14.6. The Morgan fingerprint density at radius 2 is 2.16 bits per heavy atom. The molecule has 0 bridgehead atoms. The van der Waals surface area contributed by atoms with Gasteiger partial charge in [0.15, 0.2) is 6.10 Å². The first-order valence-corrected chi connectivity index (χ1v) is 6.49. The smallest absolute Gasteiger partial charge is 0.343 e. The molecule has 0 saturated heterocycles. The summed E-state index contributed by atoms with van der Waals surface area (Å²) in [6.45, 7) is 5.76. The van der Waals surface area contributed by atoms with Crippen LogP contribution in [0.1, 0.15) is 42.7 Å². The highest BCUT2D eigenvalue weighted by molar-refractivity contribution is 6.32. The molecular weight excluding hydrogens is 270 g/mol. The normalized spacial score (nSPS) is 12.2. The van der Waals surface area contributed by atoms with E-state index < -0.39 is 18.0 Å². The molecule has 19 heavy (non-hydrogen) atoms. The van der Waals surface area contributed by atoms with Crippen LogP contribution < -0.4 is 5.73 Å². The Labute approximate surface area is 116 Å². The van der Waals surface area contributed by atoms with Gasteiger partial charge in [-0.3, -0.25) is 9.48 Å². The Balaban J connectivity index is 2.91. The number of hydrogen-bond acceptors (Lipinski definition) is 4. The number of rotatable bonds is 6. The average Bonchev–Trinajstić information content (AvgIpc) is 2.61. The number of primary amides is 1. The number of esters is 1. The van der Waals surface area contributed by atoms with Crippen molar-refractivity contribution in [3.8, 4) is 0 Å². The van der Waals surface area contributed by atoms with Crippen molar-refractivity contribution in [1.29, 1.82) is 0 Å². The van der Waals surface area contributed by atoms with E-state index in [0.717, 1.165) is 12.8 Å². The SMILES string of the molecule is CCCCn1nc(C)c(C(=O)O[C@@H](C)C(N)=O)c1Cl. The third kappa shape index (κ3) is 3.70. The number of hydrogen-bond donors (Lipinski definition) is 1. The summed E-state index contributed by atoms with van der Waals surface area (Å²) in [5.74, 6) is -1.39. The minimum Gasteiger partial charge on any atom is -0.449 e. The number of unbranched alkanes of at least 4 members (excludes halogenated alkanes) is 1.